The van der Waals surface area contributed by atoms with Crippen LogP contribution in [0.1, 0.15) is 22.7 Å². The molecule has 0 saturated heterocycles. The molecule has 4 heteroatoms. The molecule has 2 nitrogen and oxygen atoms in total. The minimum atomic E-state index is 0.0660. The lowest BCUT2D eigenvalue weighted by Gasteiger charge is -2.17. The summed E-state index contributed by atoms with van der Waals surface area (Å²) < 4.78 is 1.05. The zero-order chi connectivity index (χ0) is 13.8. The van der Waals surface area contributed by atoms with Crippen molar-refractivity contribution in [3.05, 3.63) is 67.7 Å². The van der Waals surface area contributed by atoms with Gasteiger partial charge >= 0.3 is 0 Å². The number of hydrogen-bond donors (Lipinski definition) is 2. The van der Waals surface area contributed by atoms with E-state index < -0.39 is 0 Å². The standard InChI is InChI=1S/C15H16ClIN2/c1-10-3-2-4-11(7-10)8-15(19-18)12-5-6-14(17)13(16)9-12/h2-7,9,15,19H,8,18H2,1H3. The van der Waals surface area contributed by atoms with Gasteiger partial charge in [0.25, 0.3) is 0 Å². The van der Waals surface area contributed by atoms with E-state index in [1.807, 2.05) is 12.1 Å². The molecule has 19 heavy (non-hydrogen) atoms. The molecule has 0 radical (unpaired) electrons. The van der Waals surface area contributed by atoms with Crippen molar-refractivity contribution in [1.29, 1.82) is 0 Å². The van der Waals surface area contributed by atoms with Crippen molar-refractivity contribution in [1.82, 2.24) is 5.43 Å². The molecule has 100 valence electrons. The molecule has 0 aliphatic heterocycles. The molecule has 0 aliphatic rings. The first-order chi connectivity index (χ1) is 9.10. The van der Waals surface area contributed by atoms with Gasteiger partial charge in [-0.05, 0) is 59.2 Å². The van der Waals surface area contributed by atoms with Crippen molar-refractivity contribution in [2.24, 2.45) is 5.84 Å². The summed E-state index contributed by atoms with van der Waals surface area (Å²) >= 11 is 8.39. The Hall–Kier alpha value is -0.620. The molecular formula is C15H16ClIN2. The molecular weight excluding hydrogens is 371 g/mol. The van der Waals surface area contributed by atoms with Crippen LogP contribution in [0, 0.1) is 10.5 Å². The van der Waals surface area contributed by atoms with E-state index in [9.17, 15) is 0 Å². The zero-order valence-electron chi connectivity index (χ0n) is 10.7. The van der Waals surface area contributed by atoms with E-state index in [-0.39, 0.29) is 6.04 Å². The van der Waals surface area contributed by atoms with Crippen molar-refractivity contribution in [2.75, 3.05) is 0 Å². The number of benzene rings is 2. The summed E-state index contributed by atoms with van der Waals surface area (Å²) in [5.41, 5.74) is 6.50. The van der Waals surface area contributed by atoms with Crippen molar-refractivity contribution < 1.29 is 0 Å². The van der Waals surface area contributed by atoms with Crippen LogP contribution < -0.4 is 11.3 Å². The first kappa shape index (κ1) is 14.8. The lowest BCUT2D eigenvalue weighted by Crippen LogP contribution is -2.29. The second-order valence-corrected chi connectivity index (χ2v) is 6.16. The van der Waals surface area contributed by atoms with E-state index in [0.717, 1.165) is 20.6 Å². The Kier molecular flexibility index (Phi) is 5.21. The molecule has 0 amide bonds. The van der Waals surface area contributed by atoms with Gasteiger partial charge in [0.05, 0.1) is 11.1 Å². The Morgan fingerprint density at radius 1 is 1.26 bits per heavy atom. The summed E-state index contributed by atoms with van der Waals surface area (Å²) in [5, 5.41) is 0.766. The van der Waals surface area contributed by atoms with Gasteiger partial charge < -0.3 is 0 Å². The highest BCUT2D eigenvalue weighted by molar-refractivity contribution is 14.1. The normalized spacial score (nSPS) is 12.4. The first-order valence-electron chi connectivity index (χ1n) is 6.07. The molecule has 0 saturated carbocycles. The Morgan fingerprint density at radius 3 is 2.68 bits per heavy atom. The summed E-state index contributed by atoms with van der Waals surface area (Å²) in [6.45, 7) is 2.09. The molecule has 3 N–H and O–H groups in total. The molecule has 0 aliphatic carbocycles. The summed E-state index contributed by atoms with van der Waals surface area (Å²) in [4.78, 5) is 0. The van der Waals surface area contributed by atoms with E-state index >= 15 is 0 Å². The van der Waals surface area contributed by atoms with Gasteiger partial charge in [-0.15, -0.1) is 0 Å². The van der Waals surface area contributed by atoms with Gasteiger partial charge in [0.2, 0.25) is 0 Å². The van der Waals surface area contributed by atoms with Gasteiger partial charge in [-0.2, -0.15) is 0 Å². The highest BCUT2D eigenvalue weighted by Crippen LogP contribution is 2.25. The molecule has 0 aromatic heterocycles. The van der Waals surface area contributed by atoms with E-state index in [1.54, 1.807) is 0 Å². The Morgan fingerprint density at radius 2 is 2.05 bits per heavy atom. The molecule has 0 heterocycles. The average molecular weight is 387 g/mol. The van der Waals surface area contributed by atoms with Gasteiger partial charge in [-0.3, -0.25) is 11.3 Å². The van der Waals surface area contributed by atoms with E-state index in [0.29, 0.717) is 0 Å². The molecule has 0 spiro atoms. The van der Waals surface area contributed by atoms with Crippen molar-refractivity contribution in [3.8, 4) is 0 Å². The van der Waals surface area contributed by atoms with Gasteiger partial charge in [0, 0.05) is 3.57 Å². The zero-order valence-corrected chi connectivity index (χ0v) is 13.6. The molecule has 2 aromatic carbocycles. The topological polar surface area (TPSA) is 38.0 Å². The number of hydrogen-bond acceptors (Lipinski definition) is 2. The van der Waals surface area contributed by atoms with E-state index in [1.165, 1.54) is 11.1 Å². The second-order valence-electron chi connectivity index (χ2n) is 4.59. The third-order valence-corrected chi connectivity index (χ3v) is 4.64. The van der Waals surface area contributed by atoms with Crippen LogP contribution in [-0.4, -0.2) is 0 Å². The van der Waals surface area contributed by atoms with Crippen molar-refractivity contribution >= 4 is 34.2 Å². The number of hydrazine groups is 1. The molecule has 2 rings (SSSR count). The van der Waals surface area contributed by atoms with Crippen LogP contribution in [0.25, 0.3) is 0 Å². The molecule has 2 aromatic rings. The van der Waals surface area contributed by atoms with Gasteiger partial charge in [0.15, 0.2) is 0 Å². The minimum absolute atomic E-state index is 0.0660. The van der Waals surface area contributed by atoms with Crippen LogP contribution in [0.2, 0.25) is 5.02 Å². The fourth-order valence-electron chi connectivity index (χ4n) is 2.08. The summed E-state index contributed by atoms with van der Waals surface area (Å²) in [6, 6.07) is 14.6. The van der Waals surface area contributed by atoms with E-state index in [4.69, 9.17) is 17.4 Å². The third kappa shape index (κ3) is 3.92. The monoisotopic (exact) mass is 386 g/mol. The number of nitrogens with two attached hydrogens (primary N) is 1. The quantitative estimate of drug-likeness (QED) is 0.473. The van der Waals surface area contributed by atoms with Crippen LogP contribution in [0.4, 0.5) is 0 Å². The van der Waals surface area contributed by atoms with Gasteiger partial charge in [-0.25, -0.2) is 0 Å². The van der Waals surface area contributed by atoms with Crippen LogP contribution >= 0.6 is 34.2 Å². The number of halogens is 2. The molecule has 0 fully saturated rings. The maximum Gasteiger partial charge on any atom is 0.0542 e. The van der Waals surface area contributed by atoms with Crippen molar-refractivity contribution in [3.63, 3.8) is 0 Å². The SMILES string of the molecule is Cc1cccc(CC(NN)c2ccc(I)c(Cl)c2)c1. The Balaban J connectivity index is 2.22. The lowest BCUT2D eigenvalue weighted by molar-refractivity contribution is 0.552. The van der Waals surface area contributed by atoms with E-state index in [2.05, 4.69) is 65.3 Å². The van der Waals surface area contributed by atoms with Crippen LogP contribution in [-0.2, 0) is 6.42 Å². The number of nitrogens with one attached hydrogen (secondary N) is 1. The fourth-order valence-corrected chi connectivity index (χ4v) is 2.60. The van der Waals surface area contributed by atoms with Crippen LogP contribution in [0.5, 0.6) is 0 Å². The maximum absolute atomic E-state index is 6.17. The summed E-state index contributed by atoms with van der Waals surface area (Å²) in [5.74, 6) is 5.68. The van der Waals surface area contributed by atoms with Crippen LogP contribution in [0.15, 0.2) is 42.5 Å². The Bertz CT molecular complexity index is 572. The molecule has 1 unspecified atom stereocenters. The minimum Gasteiger partial charge on any atom is -0.271 e. The number of aryl methyl sites for hydroxylation is 1. The Labute approximate surface area is 132 Å². The average Bonchev–Trinajstić information content (AvgIpc) is 2.39. The lowest BCUT2D eigenvalue weighted by atomic mass is 9.98. The largest absolute Gasteiger partial charge is 0.271 e. The predicted octanol–water partition coefficient (Wildman–Crippen LogP) is 4.00. The van der Waals surface area contributed by atoms with Gasteiger partial charge in [-0.1, -0.05) is 47.5 Å². The molecule has 0 bridgehead atoms. The van der Waals surface area contributed by atoms with Crippen LogP contribution in [0.3, 0.4) is 0 Å². The maximum atomic E-state index is 6.17. The molecule has 1 atom stereocenters. The summed E-state index contributed by atoms with van der Waals surface area (Å²) in [7, 11) is 0. The van der Waals surface area contributed by atoms with Gasteiger partial charge in [0.1, 0.15) is 0 Å². The predicted molar refractivity (Wildman–Crippen MR) is 89.1 cm³/mol. The highest BCUT2D eigenvalue weighted by Gasteiger charge is 2.12. The van der Waals surface area contributed by atoms with Crippen molar-refractivity contribution in [2.45, 2.75) is 19.4 Å². The smallest absolute Gasteiger partial charge is 0.0542 e. The third-order valence-electron chi connectivity index (χ3n) is 3.07. The second kappa shape index (κ2) is 6.70. The highest BCUT2D eigenvalue weighted by atomic mass is 127. The first-order valence-corrected chi connectivity index (χ1v) is 7.52. The number of rotatable bonds is 4. The fraction of sp³-hybridized carbons (Fsp3) is 0.200. The summed E-state index contributed by atoms with van der Waals surface area (Å²) in [6.07, 6.45) is 0.842.